The van der Waals surface area contributed by atoms with Gasteiger partial charge >= 0.3 is 12.2 Å². The van der Waals surface area contributed by atoms with E-state index in [1.54, 1.807) is 24.2 Å². The van der Waals surface area contributed by atoms with Crippen LogP contribution >= 0.6 is 0 Å². The van der Waals surface area contributed by atoms with Crippen LogP contribution in [0.4, 0.5) is 29.3 Å². The van der Waals surface area contributed by atoms with Crippen molar-refractivity contribution < 1.29 is 27.5 Å². The van der Waals surface area contributed by atoms with Gasteiger partial charge in [0.05, 0.1) is 48.9 Å². The fraction of sp³-hybridized carbons (Fsp3) is 0.621. The van der Waals surface area contributed by atoms with Crippen LogP contribution in [0.25, 0.3) is 0 Å². The summed E-state index contributed by atoms with van der Waals surface area (Å²) in [7, 11) is 3.53. The lowest BCUT2D eigenvalue weighted by molar-refractivity contribution is -0.138. The zero-order valence-corrected chi connectivity index (χ0v) is 23.7. The van der Waals surface area contributed by atoms with Crippen LogP contribution in [-0.2, 0) is 22.3 Å². The number of halogens is 3. The van der Waals surface area contributed by atoms with Gasteiger partial charge in [0.15, 0.2) is 0 Å². The van der Waals surface area contributed by atoms with Gasteiger partial charge < -0.3 is 19.4 Å². The van der Waals surface area contributed by atoms with Gasteiger partial charge in [0.1, 0.15) is 0 Å². The first-order chi connectivity index (χ1) is 19.5. The minimum absolute atomic E-state index is 0.143. The van der Waals surface area contributed by atoms with Crippen molar-refractivity contribution in [2.24, 2.45) is 11.8 Å². The molecular weight excluding hydrogens is 537 g/mol. The largest absolute Gasteiger partial charge is 0.416 e. The summed E-state index contributed by atoms with van der Waals surface area (Å²) in [5, 5.41) is 4.15. The Morgan fingerprint density at radius 3 is 2.34 bits per heavy atom. The number of carbonyl (C=O) groups excluding carboxylic acids is 2. The minimum atomic E-state index is -4.43. The second-order valence-corrected chi connectivity index (χ2v) is 12.1. The number of ether oxygens (including phenoxy) is 1. The first-order valence-corrected chi connectivity index (χ1v) is 14.3. The molecule has 4 heterocycles. The van der Waals surface area contributed by atoms with E-state index in [0.29, 0.717) is 55.1 Å². The average Bonchev–Trinajstić information content (AvgIpc) is 3.69. The number of anilines is 2. The Morgan fingerprint density at radius 1 is 1.07 bits per heavy atom. The normalized spacial score (nSPS) is 27.5. The molecule has 12 heteroatoms. The van der Waals surface area contributed by atoms with Crippen molar-refractivity contribution in [1.29, 1.82) is 0 Å². The number of likely N-dealkylation sites (tertiary alicyclic amines) is 1. The lowest BCUT2D eigenvalue weighted by Gasteiger charge is -2.37. The maximum absolute atomic E-state index is 14.2. The van der Waals surface area contributed by atoms with Gasteiger partial charge in [-0.3, -0.25) is 9.69 Å². The summed E-state index contributed by atoms with van der Waals surface area (Å²) >= 11 is 0. The quantitative estimate of drug-likeness (QED) is 0.537. The van der Waals surface area contributed by atoms with Gasteiger partial charge in [-0.2, -0.15) is 23.0 Å². The van der Waals surface area contributed by atoms with Crippen LogP contribution in [-0.4, -0.2) is 90.0 Å². The van der Waals surface area contributed by atoms with Crippen LogP contribution in [0.5, 0.6) is 0 Å². The van der Waals surface area contributed by atoms with Gasteiger partial charge in [-0.25, -0.2) is 4.79 Å². The van der Waals surface area contributed by atoms with Crippen molar-refractivity contribution in [2.45, 2.75) is 63.5 Å². The Hall–Kier alpha value is -3.12. The van der Waals surface area contributed by atoms with Crippen molar-refractivity contribution in [2.75, 3.05) is 50.2 Å². The van der Waals surface area contributed by atoms with E-state index in [1.165, 1.54) is 28.8 Å². The van der Waals surface area contributed by atoms with E-state index in [2.05, 4.69) is 10.00 Å². The monoisotopic (exact) mass is 574 g/mol. The molecule has 1 aliphatic carbocycles. The molecule has 0 spiro atoms. The highest BCUT2D eigenvalue weighted by molar-refractivity contribution is 5.91. The highest BCUT2D eigenvalue weighted by atomic mass is 19.4. The van der Waals surface area contributed by atoms with Gasteiger partial charge in [0.25, 0.3) is 0 Å². The lowest BCUT2D eigenvalue weighted by Crippen LogP contribution is -2.46. The predicted octanol–water partition coefficient (Wildman–Crippen LogP) is 4.06. The Morgan fingerprint density at radius 2 is 1.73 bits per heavy atom. The van der Waals surface area contributed by atoms with Crippen LogP contribution in [0.2, 0.25) is 0 Å². The second-order valence-electron chi connectivity index (χ2n) is 12.1. The standard InChI is InChI=1S/C29H37F3N6O3/c1-18(39)35(3)26-11-33-37(15-26)28(40)36-13-20-8-25(9-21(20)14-36)34(2)12-19-4-5-22(10-27(19)29(30,31)32)38-23-6-7-24(38)17-41-16-23/h4-5,10-11,15,20-21,23-25H,6-9,12-14,16-17H2,1-3H3/t20-,21+,23?,24?,25?. The van der Waals surface area contributed by atoms with Gasteiger partial charge in [0, 0.05) is 45.3 Å². The fourth-order valence-corrected chi connectivity index (χ4v) is 7.28. The van der Waals surface area contributed by atoms with E-state index >= 15 is 0 Å². The fourth-order valence-electron chi connectivity index (χ4n) is 7.28. The Bertz CT molecular complexity index is 1280. The molecule has 3 saturated heterocycles. The van der Waals surface area contributed by atoms with Gasteiger partial charge in [-0.05, 0) is 62.3 Å². The smallest absolute Gasteiger partial charge is 0.377 e. The van der Waals surface area contributed by atoms with Crippen molar-refractivity contribution >= 4 is 23.3 Å². The number of aromatic nitrogens is 2. The number of benzene rings is 1. The van der Waals surface area contributed by atoms with Crippen LogP contribution in [0, 0.1) is 11.8 Å². The van der Waals surface area contributed by atoms with Crippen LogP contribution in [0.1, 0.15) is 43.7 Å². The first-order valence-electron chi connectivity index (χ1n) is 14.3. The molecule has 2 aromatic rings. The molecule has 9 nitrogen and oxygen atoms in total. The summed E-state index contributed by atoms with van der Waals surface area (Å²) < 4.78 is 49.6. The molecule has 3 aliphatic heterocycles. The third kappa shape index (κ3) is 5.31. The second kappa shape index (κ2) is 10.6. The summed E-state index contributed by atoms with van der Waals surface area (Å²) in [4.78, 5) is 32.1. The molecule has 1 aromatic carbocycles. The molecule has 6 rings (SSSR count). The SMILES string of the molecule is CC(=O)N(C)c1cnn(C(=O)N2C[C@H]3CC(N(C)Cc4ccc(N5C6CCC5COC6)cc4C(F)(F)F)C[C@H]3C2)c1. The highest BCUT2D eigenvalue weighted by Crippen LogP contribution is 2.42. The summed E-state index contributed by atoms with van der Waals surface area (Å²) in [6.45, 7) is 3.98. The molecule has 0 N–H and O–H groups in total. The highest BCUT2D eigenvalue weighted by Gasteiger charge is 2.45. The minimum Gasteiger partial charge on any atom is -0.377 e. The lowest BCUT2D eigenvalue weighted by atomic mass is 10.0. The first kappa shape index (κ1) is 28.0. The van der Waals surface area contributed by atoms with Gasteiger partial charge in [0.2, 0.25) is 5.91 Å². The van der Waals surface area contributed by atoms with Gasteiger partial charge in [-0.15, -0.1) is 0 Å². The molecule has 41 heavy (non-hydrogen) atoms. The third-order valence-corrected chi connectivity index (χ3v) is 9.60. The molecule has 1 aromatic heterocycles. The summed E-state index contributed by atoms with van der Waals surface area (Å²) in [5.74, 6) is 0.440. The van der Waals surface area contributed by atoms with Crippen LogP contribution in [0.3, 0.4) is 0 Å². The average molecular weight is 575 g/mol. The topological polar surface area (TPSA) is 74.2 Å². The van der Waals surface area contributed by atoms with E-state index in [0.717, 1.165) is 25.7 Å². The number of carbonyl (C=O) groups is 2. The van der Waals surface area contributed by atoms with Crippen LogP contribution in [0.15, 0.2) is 30.6 Å². The van der Waals surface area contributed by atoms with E-state index in [1.807, 2.05) is 18.0 Å². The number of fused-ring (bicyclic) bond motifs is 3. The zero-order valence-electron chi connectivity index (χ0n) is 23.7. The van der Waals surface area contributed by atoms with E-state index < -0.39 is 11.7 Å². The number of alkyl halides is 3. The summed E-state index contributed by atoms with van der Waals surface area (Å²) in [6, 6.07) is 5.05. The van der Waals surface area contributed by atoms with Crippen molar-refractivity contribution in [3.63, 3.8) is 0 Å². The molecule has 5 atom stereocenters. The van der Waals surface area contributed by atoms with E-state index in [-0.39, 0.29) is 36.6 Å². The molecule has 4 fully saturated rings. The molecule has 1 saturated carbocycles. The van der Waals surface area contributed by atoms with E-state index in [9.17, 15) is 22.8 Å². The number of nitrogens with zero attached hydrogens (tertiary/aromatic N) is 6. The van der Waals surface area contributed by atoms with Crippen LogP contribution < -0.4 is 9.80 Å². The number of amides is 2. The molecule has 2 bridgehead atoms. The summed E-state index contributed by atoms with van der Waals surface area (Å²) in [5.41, 5.74) is 0.923. The molecule has 2 amide bonds. The number of hydrogen-bond donors (Lipinski definition) is 0. The summed E-state index contributed by atoms with van der Waals surface area (Å²) in [6.07, 6.45) is 2.18. The Kier molecular flexibility index (Phi) is 7.25. The van der Waals surface area contributed by atoms with E-state index in [4.69, 9.17) is 4.74 Å². The number of rotatable bonds is 5. The van der Waals surface area contributed by atoms with Crippen molar-refractivity contribution in [3.05, 3.63) is 41.7 Å². The van der Waals surface area contributed by atoms with Crippen molar-refractivity contribution in [3.8, 4) is 0 Å². The third-order valence-electron chi connectivity index (χ3n) is 9.60. The van der Waals surface area contributed by atoms with Crippen molar-refractivity contribution in [1.82, 2.24) is 19.6 Å². The predicted molar refractivity (Wildman–Crippen MR) is 147 cm³/mol. The maximum atomic E-state index is 14.2. The van der Waals surface area contributed by atoms with Gasteiger partial charge in [-0.1, -0.05) is 6.07 Å². The maximum Gasteiger partial charge on any atom is 0.416 e. The molecule has 0 radical (unpaired) electrons. The molecule has 3 unspecified atom stereocenters. The molecule has 222 valence electrons. The number of hydrogen-bond acceptors (Lipinski definition) is 6. The number of morpholine rings is 1. The zero-order chi connectivity index (χ0) is 29.1. The Labute approximate surface area is 237 Å². The molecule has 4 aliphatic rings. The Balaban J connectivity index is 1.09. The molecular formula is C29H37F3N6O3.